The number of piperidine rings is 1. The number of aliphatic hydroxyl groups excluding tert-OH is 1. The van der Waals surface area contributed by atoms with E-state index in [0.717, 1.165) is 32.2 Å². The molecule has 1 aliphatic rings. The predicted octanol–water partition coefficient (Wildman–Crippen LogP) is 4.06. The molecule has 0 saturated carbocycles. The van der Waals surface area contributed by atoms with Crippen LogP contribution in [-0.2, 0) is 4.79 Å². The van der Waals surface area contributed by atoms with Crippen molar-refractivity contribution in [2.24, 2.45) is 5.92 Å². The summed E-state index contributed by atoms with van der Waals surface area (Å²) >= 11 is 1.86. The van der Waals surface area contributed by atoms with Crippen molar-refractivity contribution < 1.29 is 14.4 Å². The van der Waals surface area contributed by atoms with E-state index < -0.39 is 6.23 Å². The number of unbranched alkanes of at least 4 members (excludes halogenated alkanes) is 1. The van der Waals surface area contributed by atoms with Gasteiger partial charge in [-0.1, -0.05) is 44.9 Å². The van der Waals surface area contributed by atoms with Crippen LogP contribution in [0.2, 0.25) is 0 Å². The van der Waals surface area contributed by atoms with Gasteiger partial charge in [-0.05, 0) is 24.5 Å². The fourth-order valence-corrected chi connectivity index (χ4v) is 4.93. The zero-order valence-corrected chi connectivity index (χ0v) is 15.4. The summed E-state index contributed by atoms with van der Waals surface area (Å²) in [6, 6.07) is 10.4. The number of quaternary nitrogens is 1. The highest BCUT2D eigenvalue weighted by atomic mass is 32.2. The molecule has 0 radical (unpaired) electrons. The Morgan fingerprint density at radius 3 is 2.61 bits per heavy atom. The molecule has 4 unspecified atom stereocenters. The second kappa shape index (κ2) is 8.32. The molecule has 3 nitrogen and oxygen atoms in total. The largest absolute Gasteiger partial charge is 0.344 e. The molecule has 0 spiro atoms. The van der Waals surface area contributed by atoms with E-state index in [4.69, 9.17) is 0 Å². The van der Waals surface area contributed by atoms with E-state index in [9.17, 15) is 9.90 Å². The second-order valence-electron chi connectivity index (χ2n) is 6.80. The molecule has 1 amide bonds. The van der Waals surface area contributed by atoms with Crippen molar-refractivity contribution in [3.8, 4) is 0 Å². The van der Waals surface area contributed by atoms with E-state index in [2.05, 4.69) is 38.1 Å². The van der Waals surface area contributed by atoms with Crippen LogP contribution >= 0.6 is 11.8 Å². The molecule has 4 heteroatoms. The Bertz CT molecular complexity index is 507. The number of carbonyl (C=O) groups excluding carboxylic acids is 1. The third kappa shape index (κ3) is 4.37. The summed E-state index contributed by atoms with van der Waals surface area (Å²) in [6.45, 7) is 5.01. The Morgan fingerprint density at radius 2 is 2.00 bits per heavy atom. The molecule has 23 heavy (non-hydrogen) atoms. The second-order valence-corrected chi connectivity index (χ2v) is 8.11. The minimum absolute atomic E-state index is 0.182. The Labute approximate surface area is 144 Å². The van der Waals surface area contributed by atoms with E-state index in [1.54, 1.807) is 0 Å². The van der Waals surface area contributed by atoms with Gasteiger partial charge in [0.1, 0.15) is 6.54 Å². The van der Waals surface area contributed by atoms with Crippen molar-refractivity contribution in [3.63, 3.8) is 0 Å². The number of benzene rings is 1. The molecule has 1 aromatic carbocycles. The quantitative estimate of drug-likeness (QED) is 0.796. The first-order valence-electron chi connectivity index (χ1n) is 8.79. The molecular formula is C19H30NO2S+. The number of hydrogen-bond acceptors (Lipinski definition) is 3. The monoisotopic (exact) mass is 336 g/mol. The van der Waals surface area contributed by atoms with Gasteiger partial charge in [-0.2, -0.15) is 0 Å². The van der Waals surface area contributed by atoms with Gasteiger partial charge in [0.2, 0.25) is 0 Å². The first-order valence-corrected chi connectivity index (χ1v) is 9.67. The summed E-state index contributed by atoms with van der Waals surface area (Å²) in [5.41, 5.74) is 0. The third-order valence-electron chi connectivity index (χ3n) is 5.13. The lowest BCUT2D eigenvalue weighted by atomic mass is 9.90. The van der Waals surface area contributed by atoms with Crippen LogP contribution in [0.15, 0.2) is 35.2 Å². The number of likely N-dealkylation sites (tertiary alicyclic amines) is 1. The Morgan fingerprint density at radius 1 is 1.30 bits per heavy atom. The molecule has 1 heterocycles. The summed E-state index contributed by atoms with van der Waals surface area (Å²) in [5.74, 6) is 0.646. The fraction of sp³-hybridized carbons (Fsp3) is 0.632. The number of thioether (sulfide) groups is 1. The molecule has 128 valence electrons. The van der Waals surface area contributed by atoms with Gasteiger partial charge in [0.15, 0.2) is 6.23 Å². The van der Waals surface area contributed by atoms with Crippen LogP contribution in [0, 0.1) is 5.92 Å². The summed E-state index contributed by atoms with van der Waals surface area (Å²) in [6.07, 6.45) is 3.70. The Balaban J connectivity index is 2.15. The molecule has 1 aliphatic heterocycles. The summed E-state index contributed by atoms with van der Waals surface area (Å²) in [7, 11) is 1.92. The summed E-state index contributed by atoms with van der Waals surface area (Å²) in [5, 5.41) is 11.0. The standard InChI is InChI=1S/C19H30NO2S/c1-4-6-12-18(21)20(3)14-17(15(5-2)13-19(20)22)23-16-10-8-7-9-11-16/h7-11,15,17,19,22H,4-6,12-14H2,1-3H3/q+1. The van der Waals surface area contributed by atoms with Crippen molar-refractivity contribution in [2.45, 2.75) is 62.3 Å². The van der Waals surface area contributed by atoms with E-state index in [0.29, 0.717) is 17.6 Å². The highest BCUT2D eigenvalue weighted by Crippen LogP contribution is 2.39. The minimum Gasteiger partial charge on any atom is -0.344 e. The fourth-order valence-electron chi connectivity index (χ4n) is 3.39. The van der Waals surface area contributed by atoms with Crippen molar-refractivity contribution in [3.05, 3.63) is 30.3 Å². The zero-order valence-electron chi connectivity index (χ0n) is 14.6. The molecule has 0 aliphatic carbocycles. The maximum Gasteiger partial charge on any atom is 0.315 e. The lowest BCUT2D eigenvalue weighted by Crippen LogP contribution is -2.63. The van der Waals surface area contributed by atoms with Crippen LogP contribution in [0.4, 0.5) is 0 Å². The maximum atomic E-state index is 12.7. The van der Waals surface area contributed by atoms with Crippen LogP contribution in [0.25, 0.3) is 0 Å². The van der Waals surface area contributed by atoms with Gasteiger partial charge in [-0.15, -0.1) is 11.8 Å². The molecule has 2 rings (SSSR count). The van der Waals surface area contributed by atoms with Crippen LogP contribution in [-0.4, -0.2) is 40.6 Å². The lowest BCUT2D eigenvalue weighted by Gasteiger charge is -2.45. The topological polar surface area (TPSA) is 37.3 Å². The average Bonchev–Trinajstić information content (AvgIpc) is 2.56. The van der Waals surface area contributed by atoms with Gasteiger partial charge in [-0.3, -0.25) is 0 Å². The van der Waals surface area contributed by atoms with Gasteiger partial charge < -0.3 is 5.11 Å². The van der Waals surface area contributed by atoms with Gasteiger partial charge in [0.25, 0.3) is 0 Å². The number of aliphatic hydroxyl groups is 1. The SMILES string of the molecule is CCCCC(=O)[N+]1(C)CC(Sc2ccccc2)C(CC)CC1O. The predicted molar refractivity (Wildman–Crippen MR) is 96.1 cm³/mol. The van der Waals surface area contributed by atoms with Crippen molar-refractivity contribution >= 4 is 17.7 Å². The Kier molecular flexibility index (Phi) is 6.69. The molecule has 0 aromatic heterocycles. The smallest absolute Gasteiger partial charge is 0.315 e. The number of hydrogen-bond donors (Lipinski definition) is 1. The number of rotatable bonds is 6. The minimum atomic E-state index is -0.558. The average molecular weight is 337 g/mol. The molecule has 0 bridgehead atoms. The van der Waals surface area contributed by atoms with Gasteiger partial charge in [-0.25, -0.2) is 9.28 Å². The first-order chi connectivity index (χ1) is 11.0. The third-order valence-corrected chi connectivity index (χ3v) is 6.51. The zero-order chi connectivity index (χ0) is 16.9. The van der Waals surface area contributed by atoms with Crippen LogP contribution in [0.3, 0.4) is 0 Å². The first kappa shape index (κ1) is 18.5. The molecule has 1 saturated heterocycles. The molecule has 1 fully saturated rings. The van der Waals surface area contributed by atoms with E-state index in [1.807, 2.05) is 24.9 Å². The lowest BCUT2D eigenvalue weighted by molar-refractivity contribution is -0.890. The highest BCUT2D eigenvalue weighted by Gasteiger charge is 2.48. The normalized spacial score (nSPS) is 31.0. The van der Waals surface area contributed by atoms with E-state index in [-0.39, 0.29) is 10.4 Å². The van der Waals surface area contributed by atoms with Crippen LogP contribution in [0.1, 0.15) is 46.0 Å². The van der Waals surface area contributed by atoms with Crippen molar-refractivity contribution in [2.75, 3.05) is 13.6 Å². The number of nitrogens with zero attached hydrogens (tertiary/aromatic N) is 1. The van der Waals surface area contributed by atoms with E-state index in [1.165, 1.54) is 4.90 Å². The van der Waals surface area contributed by atoms with Crippen molar-refractivity contribution in [1.29, 1.82) is 0 Å². The number of carbonyl (C=O) groups is 1. The molecule has 1 aromatic rings. The van der Waals surface area contributed by atoms with E-state index >= 15 is 0 Å². The molecular weight excluding hydrogens is 306 g/mol. The highest BCUT2D eigenvalue weighted by molar-refractivity contribution is 8.00. The van der Waals surface area contributed by atoms with Crippen molar-refractivity contribution in [1.82, 2.24) is 0 Å². The maximum absolute atomic E-state index is 12.7. The van der Waals surface area contributed by atoms with Gasteiger partial charge in [0, 0.05) is 11.3 Å². The van der Waals surface area contributed by atoms with Gasteiger partial charge >= 0.3 is 5.91 Å². The Hall–Kier alpha value is -0.840. The molecule has 4 atom stereocenters. The van der Waals surface area contributed by atoms with Crippen LogP contribution in [0.5, 0.6) is 0 Å². The molecule has 1 N–H and O–H groups in total. The van der Waals surface area contributed by atoms with Gasteiger partial charge in [0.05, 0.1) is 18.7 Å². The van der Waals surface area contributed by atoms with Crippen LogP contribution < -0.4 is 0 Å². The summed E-state index contributed by atoms with van der Waals surface area (Å²) < 4.78 is 0.182. The summed E-state index contributed by atoms with van der Waals surface area (Å²) in [4.78, 5) is 13.9. The number of amides is 1.